The number of fused-ring (bicyclic) bond motifs is 1. The molecular weight excluding hydrogens is 276 g/mol. The first-order chi connectivity index (χ1) is 10.8. The van der Waals surface area contributed by atoms with Crippen molar-refractivity contribution in [2.75, 3.05) is 39.3 Å². The summed E-state index contributed by atoms with van der Waals surface area (Å²) >= 11 is 0. The quantitative estimate of drug-likeness (QED) is 0.854. The van der Waals surface area contributed by atoms with Crippen molar-refractivity contribution in [3.05, 3.63) is 29.3 Å². The fraction of sp³-hybridized carbons (Fsp3) is 0.611. The number of carbonyl (C=O) groups is 1. The smallest absolute Gasteiger partial charge is 0.260 e. The van der Waals surface area contributed by atoms with Gasteiger partial charge in [-0.15, -0.1) is 0 Å². The molecule has 1 heterocycles. The third kappa shape index (κ3) is 3.43. The van der Waals surface area contributed by atoms with Crippen molar-refractivity contribution in [3.8, 4) is 5.75 Å². The van der Waals surface area contributed by atoms with Gasteiger partial charge in [-0.3, -0.25) is 4.79 Å². The monoisotopic (exact) mass is 302 g/mol. The summed E-state index contributed by atoms with van der Waals surface area (Å²) in [6.45, 7) is 6.99. The lowest BCUT2D eigenvalue weighted by molar-refractivity contribution is -0.135. The summed E-state index contributed by atoms with van der Waals surface area (Å²) in [5.41, 5.74) is 2.71. The third-order valence-electron chi connectivity index (χ3n) is 4.88. The van der Waals surface area contributed by atoms with Gasteiger partial charge in [-0.2, -0.15) is 0 Å². The number of benzene rings is 1. The van der Waals surface area contributed by atoms with Crippen LogP contribution in [-0.4, -0.2) is 55.0 Å². The fourth-order valence-electron chi connectivity index (χ4n) is 3.43. The van der Waals surface area contributed by atoms with E-state index >= 15 is 0 Å². The molecule has 3 rings (SSSR count). The summed E-state index contributed by atoms with van der Waals surface area (Å²) in [6, 6.07) is 6.24. The third-order valence-corrected chi connectivity index (χ3v) is 4.88. The summed E-state index contributed by atoms with van der Waals surface area (Å²) in [7, 11) is 0. The summed E-state index contributed by atoms with van der Waals surface area (Å²) in [6.07, 6.45) is 4.70. The van der Waals surface area contributed by atoms with E-state index in [-0.39, 0.29) is 12.5 Å². The average molecular weight is 302 g/mol. The predicted molar refractivity (Wildman–Crippen MR) is 87.3 cm³/mol. The number of nitrogens with zero attached hydrogens (tertiary/aromatic N) is 2. The predicted octanol–water partition coefficient (Wildman–Crippen LogP) is 2.11. The molecule has 1 saturated heterocycles. The van der Waals surface area contributed by atoms with Gasteiger partial charge in [0.05, 0.1) is 0 Å². The van der Waals surface area contributed by atoms with E-state index in [0.29, 0.717) is 0 Å². The minimum absolute atomic E-state index is 0.115. The van der Waals surface area contributed by atoms with Crippen molar-refractivity contribution in [2.24, 2.45) is 0 Å². The minimum Gasteiger partial charge on any atom is -0.483 e. The number of amides is 1. The molecule has 120 valence electrons. The van der Waals surface area contributed by atoms with Crippen LogP contribution in [0.25, 0.3) is 0 Å². The minimum atomic E-state index is 0.115. The molecular formula is C18H26N2O2. The number of ether oxygens (including phenoxy) is 1. The van der Waals surface area contributed by atoms with Crippen LogP contribution in [0, 0.1) is 0 Å². The molecule has 1 aliphatic carbocycles. The Labute approximate surface area is 133 Å². The summed E-state index contributed by atoms with van der Waals surface area (Å²) in [5, 5.41) is 0. The highest BCUT2D eigenvalue weighted by molar-refractivity contribution is 5.78. The lowest BCUT2D eigenvalue weighted by atomic mass is 9.91. The van der Waals surface area contributed by atoms with Gasteiger partial charge in [0.25, 0.3) is 5.91 Å². The van der Waals surface area contributed by atoms with E-state index in [0.717, 1.165) is 51.3 Å². The second-order valence-corrected chi connectivity index (χ2v) is 6.20. The molecule has 0 atom stereocenters. The molecule has 0 saturated carbocycles. The molecule has 0 spiro atoms. The highest BCUT2D eigenvalue weighted by atomic mass is 16.5. The zero-order valence-corrected chi connectivity index (χ0v) is 13.5. The highest BCUT2D eigenvalue weighted by Gasteiger charge is 2.21. The molecule has 2 aliphatic rings. The van der Waals surface area contributed by atoms with Crippen LogP contribution in [0.4, 0.5) is 0 Å². The Bertz CT molecular complexity index is 522. The molecule has 1 aromatic carbocycles. The van der Waals surface area contributed by atoms with Crippen molar-refractivity contribution in [1.29, 1.82) is 0 Å². The van der Waals surface area contributed by atoms with Crippen LogP contribution >= 0.6 is 0 Å². The Kier molecular flexibility index (Phi) is 4.98. The molecule has 4 heteroatoms. The van der Waals surface area contributed by atoms with Crippen molar-refractivity contribution < 1.29 is 9.53 Å². The van der Waals surface area contributed by atoms with Crippen LogP contribution in [0.15, 0.2) is 18.2 Å². The van der Waals surface area contributed by atoms with E-state index in [1.54, 1.807) is 0 Å². The van der Waals surface area contributed by atoms with E-state index in [4.69, 9.17) is 4.74 Å². The molecule has 1 aliphatic heterocycles. The van der Waals surface area contributed by atoms with E-state index in [1.807, 2.05) is 17.0 Å². The number of piperazine rings is 1. The van der Waals surface area contributed by atoms with E-state index < -0.39 is 0 Å². The van der Waals surface area contributed by atoms with Crippen molar-refractivity contribution in [2.45, 2.75) is 32.6 Å². The van der Waals surface area contributed by atoms with Crippen molar-refractivity contribution in [1.82, 2.24) is 9.80 Å². The van der Waals surface area contributed by atoms with Gasteiger partial charge >= 0.3 is 0 Å². The van der Waals surface area contributed by atoms with E-state index in [9.17, 15) is 4.79 Å². The summed E-state index contributed by atoms with van der Waals surface area (Å²) in [5.74, 6) is 1.03. The largest absolute Gasteiger partial charge is 0.483 e. The van der Waals surface area contributed by atoms with Crippen LogP contribution in [0.3, 0.4) is 0 Å². The number of hydrogen-bond acceptors (Lipinski definition) is 3. The zero-order valence-electron chi connectivity index (χ0n) is 13.5. The van der Waals surface area contributed by atoms with Gasteiger partial charge < -0.3 is 14.5 Å². The summed E-state index contributed by atoms with van der Waals surface area (Å²) < 4.78 is 5.87. The Balaban J connectivity index is 1.55. The zero-order chi connectivity index (χ0) is 15.4. The van der Waals surface area contributed by atoms with Gasteiger partial charge in [-0.1, -0.05) is 19.1 Å². The second-order valence-electron chi connectivity index (χ2n) is 6.20. The topological polar surface area (TPSA) is 32.8 Å². The number of likely N-dealkylation sites (N-methyl/N-ethyl adjacent to an activating group) is 1. The maximum Gasteiger partial charge on any atom is 0.260 e. The average Bonchev–Trinajstić information content (AvgIpc) is 2.59. The summed E-state index contributed by atoms with van der Waals surface area (Å²) in [4.78, 5) is 16.6. The lowest BCUT2D eigenvalue weighted by Crippen LogP contribution is -2.49. The first kappa shape index (κ1) is 15.3. The molecule has 0 aromatic heterocycles. The highest BCUT2D eigenvalue weighted by Crippen LogP contribution is 2.29. The molecule has 0 unspecified atom stereocenters. The number of aryl methyl sites for hydroxylation is 1. The van der Waals surface area contributed by atoms with Gasteiger partial charge in [-0.05, 0) is 49.4 Å². The molecule has 0 radical (unpaired) electrons. The molecule has 0 N–H and O–H groups in total. The normalized spacial score (nSPS) is 18.9. The van der Waals surface area contributed by atoms with Crippen molar-refractivity contribution in [3.63, 3.8) is 0 Å². The van der Waals surface area contributed by atoms with Gasteiger partial charge in [0, 0.05) is 26.2 Å². The van der Waals surface area contributed by atoms with Gasteiger partial charge in [-0.25, -0.2) is 0 Å². The van der Waals surface area contributed by atoms with Crippen LogP contribution < -0.4 is 4.74 Å². The molecule has 22 heavy (non-hydrogen) atoms. The van der Waals surface area contributed by atoms with Crippen LogP contribution in [0.2, 0.25) is 0 Å². The van der Waals surface area contributed by atoms with Crippen LogP contribution in [0.5, 0.6) is 5.75 Å². The van der Waals surface area contributed by atoms with Gasteiger partial charge in [0.1, 0.15) is 5.75 Å². The number of rotatable bonds is 4. The maximum atomic E-state index is 12.3. The van der Waals surface area contributed by atoms with Crippen molar-refractivity contribution >= 4 is 5.91 Å². The van der Waals surface area contributed by atoms with Gasteiger partial charge in [0.2, 0.25) is 0 Å². The standard InChI is InChI=1S/C18H26N2O2/c1-2-19-10-12-20(13-11-19)18(21)14-22-17-9-5-7-15-6-3-4-8-16(15)17/h5,7,9H,2-4,6,8,10-14H2,1H3. The Morgan fingerprint density at radius 1 is 1.14 bits per heavy atom. The fourth-order valence-corrected chi connectivity index (χ4v) is 3.43. The van der Waals surface area contributed by atoms with Crippen LogP contribution in [0.1, 0.15) is 30.9 Å². The molecule has 1 aromatic rings. The lowest BCUT2D eigenvalue weighted by Gasteiger charge is -2.34. The van der Waals surface area contributed by atoms with E-state index in [2.05, 4.69) is 17.9 Å². The first-order valence-corrected chi connectivity index (χ1v) is 8.51. The van der Waals surface area contributed by atoms with Gasteiger partial charge in [0.15, 0.2) is 6.61 Å². The Hall–Kier alpha value is -1.55. The van der Waals surface area contributed by atoms with Crippen LogP contribution in [-0.2, 0) is 17.6 Å². The van der Waals surface area contributed by atoms with E-state index in [1.165, 1.54) is 24.0 Å². The first-order valence-electron chi connectivity index (χ1n) is 8.51. The molecule has 0 bridgehead atoms. The number of hydrogen-bond donors (Lipinski definition) is 0. The SMILES string of the molecule is CCN1CCN(C(=O)COc2cccc3c2CCCC3)CC1. The Morgan fingerprint density at radius 2 is 1.91 bits per heavy atom. The molecule has 4 nitrogen and oxygen atoms in total. The maximum absolute atomic E-state index is 12.3. The number of carbonyl (C=O) groups excluding carboxylic acids is 1. The second kappa shape index (κ2) is 7.14. The molecule has 1 fully saturated rings. The Morgan fingerprint density at radius 3 is 2.68 bits per heavy atom. The molecule has 1 amide bonds.